The molecule has 0 aromatic heterocycles. The maximum absolute atomic E-state index is 10.5. The van der Waals surface area contributed by atoms with E-state index in [2.05, 4.69) is 0 Å². The molecule has 1 heterocycles. The first-order valence-corrected chi connectivity index (χ1v) is 6.89. The predicted octanol–water partition coefficient (Wildman–Crippen LogP) is 0.514. The van der Waals surface area contributed by atoms with Gasteiger partial charge in [-0.05, 0) is 19.1 Å². The SMILES string of the molecule is C[C@H]1O[C@@H](Sc2ccc([N+](=O)[O-])cc2)[C@H](O)[C@@H](O)[C@H]1O. The number of hydrogen-bond donors (Lipinski definition) is 3. The summed E-state index contributed by atoms with van der Waals surface area (Å²) in [5.74, 6) is 0. The lowest BCUT2D eigenvalue weighted by atomic mass is 10.0. The smallest absolute Gasteiger partial charge is 0.269 e. The maximum atomic E-state index is 10.5. The zero-order chi connectivity index (χ0) is 14.9. The quantitative estimate of drug-likeness (QED) is 0.551. The zero-order valence-electron chi connectivity index (χ0n) is 10.6. The molecule has 5 atom stereocenters. The molecule has 2 rings (SSSR count). The number of benzene rings is 1. The first-order chi connectivity index (χ1) is 9.40. The van der Waals surface area contributed by atoms with E-state index in [0.29, 0.717) is 4.90 Å². The number of nitrogens with zero attached hydrogens (tertiary/aromatic N) is 1. The highest BCUT2D eigenvalue weighted by Crippen LogP contribution is 2.33. The van der Waals surface area contributed by atoms with E-state index >= 15 is 0 Å². The minimum atomic E-state index is -1.28. The van der Waals surface area contributed by atoms with Gasteiger partial charge in [-0.25, -0.2) is 0 Å². The average molecular weight is 301 g/mol. The fourth-order valence-corrected chi connectivity index (χ4v) is 2.98. The molecule has 0 spiro atoms. The van der Waals surface area contributed by atoms with Gasteiger partial charge in [-0.3, -0.25) is 10.1 Å². The number of non-ortho nitro benzene ring substituents is 1. The molecule has 0 amide bonds. The van der Waals surface area contributed by atoms with Gasteiger partial charge in [-0.15, -0.1) is 0 Å². The van der Waals surface area contributed by atoms with Crippen molar-refractivity contribution < 1.29 is 25.0 Å². The van der Waals surface area contributed by atoms with Crippen LogP contribution < -0.4 is 0 Å². The van der Waals surface area contributed by atoms with Crippen LogP contribution in [0.4, 0.5) is 5.69 Å². The Kier molecular flexibility index (Phi) is 4.61. The second-order valence-corrected chi connectivity index (χ2v) is 5.72. The first-order valence-electron chi connectivity index (χ1n) is 6.01. The molecule has 8 heteroatoms. The van der Waals surface area contributed by atoms with Crippen molar-refractivity contribution in [3.8, 4) is 0 Å². The highest BCUT2D eigenvalue weighted by Gasteiger charge is 2.42. The van der Waals surface area contributed by atoms with E-state index in [0.717, 1.165) is 11.8 Å². The van der Waals surface area contributed by atoms with Crippen LogP contribution in [0.2, 0.25) is 0 Å². The molecule has 1 fully saturated rings. The lowest BCUT2D eigenvalue weighted by Crippen LogP contribution is -2.55. The van der Waals surface area contributed by atoms with Crippen LogP contribution in [0.1, 0.15) is 6.92 Å². The fraction of sp³-hybridized carbons (Fsp3) is 0.500. The molecule has 20 heavy (non-hydrogen) atoms. The standard InChI is InChI=1S/C12H15NO6S/c1-6-9(14)10(15)11(16)12(19-6)20-8-4-2-7(3-5-8)13(17)18/h2-6,9-12,14-16H,1H3/t6-,9+,10+,11-,12+/m1/s1. The first kappa shape index (κ1) is 15.2. The topological polar surface area (TPSA) is 113 Å². The lowest BCUT2D eigenvalue weighted by Gasteiger charge is -2.38. The Hall–Kier alpha value is -1.19. The van der Waals surface area contributed by atoms with Crippen molar-refractivity contribution in [2.45, 2.75) is 41.7 Å². The summed E-state index contributed by atoms with van der Waals surface area (Å²) in [5.41, 5.74) is -0.770. The average Bonchev–Trinajstić information content (AvgIpc) is 2.43. The van der Waals surface area contributed by atoms with E-state index in [1.54, 1.807) is 19.1 Å². The summed E-state index contributed by atoms with van der Waals surface area (Å²) in [5, 5.41) is 39.7. The highest BCUT2D eigenvalue weighted by atomic mass is 32.2. The van der Waals surface area contributed by atoms with Gasteiger partial charge >= 0.3 is 0 Å². The number of rotatable bonds is 3. The summed E-state index contributed by atoms with van der Waals surface area (Å²) in [6.07, 6.45) is -4.27. The maximum Gasteiger partial charge on any atom is 0.269 e. The molecule has 1 aliphatic rings. The normalized spacial score (nSPS) is 33.9. The third-order valence-electron chi connectivity index (χ3n) is 3.11. The highest BCUT2D eigenvalue weighted by molar-refractivity contribution is 7.99. The van der Waals surface area contributed by atoms with Gasteiger partial charge in [0.05, 0.1) is 11.0 Å². The van der Waals surface area contributed by atoms with E-state index in [1.165, 1.54) is 12.1 Å². The summed E-state index contributed by atoms with van der Waals surface area (Å²) < 4.78 is 5.43. The number of aliphatic hydroxyl groups excluding tert-OH is 3. The van der Waals surface area contributed by atoms with Gasteiger partial charge in [0, 0.05) is 17.0 Å². The van der Waals surface area contributed by atoms with Crippen LogP contribution in [-0.2, 0) is 4.74 Å². The Morgan fingerprint density at radius 3 is 2.30 bits per heavy atom. The zero-order valence-corrected chi connectivity index (χ0v) is 11.4. The monoisotopic (exact) mass is 301 g/mol. The molecule has 0 aliphatic carbocycles. The molecule has 0 bridgehead atoms. The molecule has 0 unspecified atom stereocenters. The van der Waals surface area contributed by atoms with E-state index in [9.17, 15) is 25.4 Å². The second-order valence-electron chi connectivity index (χ2n) is 4.55. The van der Waals surface area contributed by atoms with Crippen LogP contribution in [0.15, 0.2) is 29.2 Å². The van der Waals surface area contributed by atoms with E-state index in [4.69, 9.17) is 4.74 Å². The van der Waals surface area contributed by atoms with Gasteiger partial charge in [-0.1, -0.05) is 11.8 Å². The molecule has 7 nitrogen and oxygen atoms in total. The summed E-state index contributed by atoms with van der Waals surface area (Å²) in [6, 6.07) is 5.79. The summed E-state index contributed by atoms with van der Waals surface area (Å²) >= 11 is 1.14. The summed E-state index contributed by atoms with van der Waals surface area (Å²) in [4.78, 5) is 10.7. The molecule has 3 N–H and O–H groups in total. The van der Waals surface area contributed by atoms with Crippen LogP contribution >= 0.6 is 11.8 Å². The van der Waals surface area contributed by atoms with E-state index in [-0.39, 0.29) is 5.69 Å². The van der Waals surface area contributed by atoms with Gasteiger partial charge in [0.1, 0.15) is 23.7 Å². The van der Waals surface area contributed by atoms with Crippen molar-refractivity contribution in [3.63, 3.8) is 0 Å². The largest absolute Gasteiger partial charge is 0.388 e. The van der Waals surface area contributed by atoms with Crippen molar-refractivity contribution in [2.75, 3.05) is 0 Å². The van der Waals surface area contributed by atoms with Gasteiger partial charge in [0.25, 0.3) is 5.69 Å². The number of nitro groups is 1. The molecule has 1 aromatic carbocycles. The molecular formula is C12H15NO6S. The van der Waals surface area contributed by atoms with E-state index in [1.807, 2.05) is 0 Å². The van der Waals surface area contributed by atoms with Crippen LogP contribution in [-0.4, -0.2) is 50.1 Å². The van der Waals surface area contributed by atoms with Crippen molar-refractivity contribution in [2.24, 2.45) is 0 Å². The van der Waals surface area contributed by atoms with Crippen LogP contribution in [0.5, 0.6) is 0 Å². The number of ether oxygens (including phenoxy) is 1. The third-order valence-corrected chi connectivity index (χ3v) is 4.27. The van der Waals surface area contributed by atoms with Crippen LogP contribution in [0.25, 0.3) is 0 Å². The van der Waals surface area contributed by atoms with Gasteiger partial charge in [0.2, 0.25) is 0 Å². The molecule has 1 saturated heterocycles. The van der Waals surface area contributed by atoms with Gasteiger partial charge in [-0.2, -0.15) is 0 Å². The minimum Gasteiger partial charge on any atom is -0.388 e. The Morgan fingerprint density at radius 2 is 1.75 bits per heavy atom. The summed E-state index contributed by atoms with van der Waals surface area (Å²) in [6.45, 7) is 1.60. The van der Waals surface area contributed by atoms with Crippen LogP contribution in [0.3, 0.4) is 0 Å². The predicted molar refractivity (Wildman–Crippen MR) is 71.3 cm³/mol. The van der Waals surface area contributed by atoms with Crippen molar-refractivity contribution in [1.82, 2.24) is 0 Å². The molecule has 1 aliphatic heterocycles. The lowest BCUT2D eigenvalue weighted by molar-refractivity contribution is -0.384. The van der Waals surface area contributed by atoms with Gasteiger partial charge in [0.15, 0.2) is 0 Å². The number of hydrogen-bond acceptors (Lipinski definition) is 7. The number of aliphatic hydroxyl groups is 3. The Morgan fingerprint density at radius 1 is 1.15 bits per heavy atom. The molecule has 0 saturated carbocycles. The fourth-order valence-electron chi connectivity index (χ4n) is 1.89. The molecular weight excluding hydrogens is 286 g/mol. The summed E-state index contributed by atoms with van der Waals surface area (Å²) in [7, 11) is 0. The van der Waals surface area contributed by atoms with Crippen LogP contribution in [0, 0.1) is 10.1 Å². The second kappa shape index (κ2) is 6.06. The van der Waals surface area contributed by atoms with Gasteiger partial charge < -0.3 is 20.1 Å². The number of nitro benzene ring substituents is 1. The molecule has 1 aromatic rings. The Bertz CT molecular complexity index is 481. The number of thioether (sulfide) groups is 1. The molecule has 110 valence electrons. The Balaban J connectivity index is 2.07. The third kappa shape index (κ3) is 3.10. The molecule has 0 radical (unpaired) electrons. The van der Waals surface area contributed by atoms with Crippen molar-refractivity contribution in [3.05, 3.63) is 34.4 Å². The van der Waals surface area contributed by atoms with Crippen molar-refractivity contribution in [1.29, 1.82) is 0 Å². The Labute approximate surface area is 119 Å². The van der Waals surface area contributed by atoms with Crippen molar-refractivity contribution >= 4 is 17.4 Å². The van der Waals surface area contributed by atoms with E-state index < -0.39 is 34.8 Å². The minimum absolute atomic E-state index is 0.0247.